The third kappa shape index (κ3) is 7.26. The summed E-state index contributed by atoms with van der Waals surface area (Å²) in [5, 5.41) is 3.79. The molecule has 0 aliphatic carbocycles. The summed E-state index contributed by atoms with van der Waals surface area (Å²) in [4.78, 5) is 15.4. The van der Waals surface area contributed by atoms with Crippen LogP contribution in [-0.2, 0) is 0 Å². The van der Waals surface area contributed by atoms with Crippen molar-refractivity contribution in [3.05, 3.63) is 57.6 Å². The van der Waals surface area contributed by atoms with Crippen molar-refractivity contribution in [2.45, 2.75) is 51.5 Å². The Labute approximate surface area is 207 Å². The third-order valence-electron chi connectivity index (χ3n) is 6.04. The molecule has 1 heterocycles. The highest BCUT2D eigenvalue weighted by molar-refractivity contribution is 6.37. The molecule has 1 unspecified atom stereocenters. The van der Waals surface area contributed by atoms with E-state index in [1.54, 1.807) is 19.2 Å². The Morgan fingerprint density at radius 2 is 1.73 bits per heavy atom. The summed E-state index contributed by atoms with van der Waals surface area (Å²) in [6, 6.07) is 11.4. The zero-order valence-electron chi connectivity index (χ0n) is 19.5. The Hall–Kier alpha value is -1.95. The first-order chi connectivity index (χ1) is 16.0. The van der Waals surface area contributed by atoms with Crippen LogP contribution in [0.25, 0.3) is 0 Å². The van der Waals surface area contributed by atoms with Crippen LogP contribution in [0.15, 0.2) is 36.4 Å². The van der Waals surface area contributed by atoms with Crippen LogP contribution in [0.1, 0.15) is 67.4 Å². The molecule has 0 saturated carbocycles. The fourth-order valence-electron chi connectivity index (χ4n) is 4.16. The smallest absolute Gasteiger partial charge is 0.251 e. The van der Waals surface area contributed by atoms with E-state index in [-0.39, 0.29) is 11.9 Å². The molecule has 1 fully saturated rings. The lowest BCUT2D eigenvalue weighted by atomic mass is 10.0. The van der Waals surface area contributed by atoms with Gasteiger partial charge < -0.3 is 14.8 Å². The maximum absolute atomic E-state index is 13.0. The number of hydrogen-bond donors (Lipinski definition) is 1. The van der Waals surface area contributed by atoms with Gasteiger partial charge in [0.2, 0.25) is 0 Å². The highest BCUT2D eigenvalue weighted by Gasteiger charge is 2.23. The first-order valence-corrected chi connectivity index (χ1v) is 12.6. The van der Waals surface area contributed by atoms with Gasteiger partial charge in [0.05, 0.1) is 29.8 Å². The summed E-state index contributed by atoms with van der Waals surface area (Å²) in [5.74, 6) is 1.06. The fourth-order valence-corrected chi connectivity index (χ4v) is 4.76. The van der Waals surface area contributed by atoms with Gasteiger partial charge in [0.25, 0.3) is 5.91 Å². The van der Waals surface area contributed by atoms with E-state index < -0.39 is 0 Å². The number of hydrogen-bond acceptors (Lipinski definition) is 4. The molecule has 1 aliphatic rings. The van der Waals surface area contributed by atoms with Gasteiger partial charge in [-0.1, -0.05) is 61.5 Å². The average Bonchev–Trinajstić information content (AvgIpc) is 2.84. The molecular weight excluding hydrogens is 459 g/mol. The molecule has 2 aromatic rings. The van der Waals surface area contributed by atoms with Gasteiger partial charge in [0.1, 0.15) is 5.75 Å². The second-order valence-corrected chi connectivity index (χ2v) is 9.23. The van der Waals surface area contributed by atoms with E-state index >= 15 is 0 Å². The van der Waals surface area contributed by atoms with E-state index in [4.69, 9.17) is 32.7 Å². The van der Waals surface area contributed by atoms with Gasteiger partial charge in [-0.3, -0.25) is 9.69 Å². The second-order valence-electron chi connectivity index (χ2n) is 8.42. The minimum absolute atomic E-state index is 0.0901. The summed E-state index contributed by atoms with van der Waals surface area (Å²) in [6.45, 7) is 5.23. The molecule has 1 atom stereocenters. The number of rotatable bonds is 11. The van der Waals surface area contributed by atoms with Gasteiger partial charge >= 0.3 is 0 Å². The van der Waals surface area contributed by atoms with Crippen LogP contribution in [0.3, 0.4) is 0 Å². The monoisotopic (exact) mass is 492 g/mol. The number of amides is 1. The van der Waals surface area contributed by atoms with Crippen molar-refractivity contribution in [2.75, 3.05) is 33.4 Å². The predicted molar refractivity (Wildman–Crippen MR) is 135 cm³/mol. The molecular formula is C26H34Cl2N2O3. The lowest BCUT2D eigenvalue weighted by molar-refractivity contribution is 0.0924. The molecule has 0 bridgehead atoms. The molecule has 0 spiro atoms. The van der Waals surface area contributed by atoms with E-state index in [1.807, 2.05) is 12.1 Å². The molecule has 2 aromatic carbocycles. The molecule has 5 nitrogen and oxygen atoms in total. The summed E-state index contributed by atoms with van der Waals surface area (Å²) in [5.41, 5.74) is 1.59. The number of methoxy groups -OCH3 is 1. The first kappa shape index (κ1) is 25.7. The highest BCUT2D eigenvalue weighted by Crippen LogP contribution is 2.34. The van der Waals surface area contributed by atoms with Crippen LogP contribution in [0.5, 0.6) is 11.5 Å². The molecule has 0 aromatic heterocycles. The standard InChI is InChI=1S/C26H34Cl2N2O3/c1-3-4-8-15-33-25-22(27)16-20(17-23(25)28)26(31)29-18-24(30-13-6-5-7-14-30)19-9-11-21(32-2)12-10-19/h9-12,16-17,24H,3-8,13-15,18H2,1-2H3,(H,29,31). The van der Waals surface area contributed by atoms with E-state index in [2.05, 4.69) is 29.3 Å². The lowest BCUT2D eigenvalue weighted by Gasteiger charge is -2.35. The van der Waals surface area contributed by atoms with Crippen molar-refractivity contribution in [1.29, 1.82) is 0 Å². The Balaban J connectivity index is 1.68. The normalized spacial score (nSPS) is 15.2. The Morgan fingerprint density at radius 1 is 1.06 bits per heavy atom. The molecule has 180 valence electrons. The van der Waals surface area contributed by atoms with Gasteiger partial charge in [-0.25, -0.2) is 0 Å². The zero-order chi connectivity index (χ0) is 23.6. The molecule has 33 heavy (non-hydrogen) atoms. The number of carbonyl (C=O) groups is 1. The Kier molecular flexibility index (Phi) is 10.2. The summed E-state index contributed by atoms with van der Waals surface area (Å²) < 4.78 is 11.0. The first-order valence-electron chi connectivity index (χ1n) is 11.8. The highest BCUT2D eigenvalue weighted by atomic mass is 35.5. The molecule has 3 rings (SSSR count). The van der Waals surface area contributed by atoms with E-state index in [1.165, 1.54) is 19.3 Å². The van der Waals surface area contributed by atoms with Crippen molar-refractivity contribution in [2.24, 2.45) is 0 Å². The maximum Gasteiger partial charge on any atom is 0.251 e. The van der Waals surface area contributed by atoms with Crippen LogP contribution in [-0.4, -0.2) is 44.2 Å². The molecule has 0 radical (unpaired) electrons. The lowest BCUT2D eigenvalue weighted by Crippen LogP contribution is -2.40. The molecule has 1 saturated heterocycles. The quantitative estimate of drug-likeness (QED) is 0.362. The van der Waals surface area contributed by atoms with Crippen LogP contribution >= 0.6 is 23.2 Å². The number of benzene rings is 2. The summed E-state index contributed by atoms with van der Waals surface area (Å²) >= 11 is 12.8. The molecule has 1 aliphatic heterocycles. The van der Waals surface area contributed by atoms with E-state index in [0.29, 0.717) is 34.5 Å². The molecule has 7 heteroatoms. The number of nitrogens with zero attached hydrogens (tertiary/aromatic N) is 1. The fraction of sp³-hybridized carbons (Fsp3) is 0.500. The number of carbonyl (C=O) groups excluding carboxylic acids is 1. The molecule has 1 N–H and O–H groups in total. The largest absolute Gasteiger partial charge is 0.497 e. The summed E-state index contributed by atoms with van der Waals surface area (Å²) in [7, 11) is 1.66. The third-order valence-corrected chi connectivity index (χ3v) is 6.60. The SMILES string of the molecule is CCCCCOc1c(Cl)cc(C(=O)NCC(c2ccc(OC)cc2)N2CCCCC2)cc1Cl. The van der Waals surface area contributed by atoms with E-state index in [9.17, 15) is 4.79 Å². The zero-order valence-corrected chi connectivity index (χ0v) is 21.1. The van der Waals surface area contributed by atoms with Crippen molar-refractivity contribution >= 4 is 29.1 Å². The Bertz CT molecular complexity index is 876. The summed E-state index contributed by atoms with van der Waals surface area (Å²) in [6.07, 6.45) is 6.73. The topological polar surface area (TPSA) is 50.8 Å². The number of halogens is 2. The number of ether oxygens (including phenoxy) is 2. The number of unbranched alkanes of at least 4 members (excludes halogenated alkanes) is 2. The van der Waals surface area contributed by atoms with Gasteiger partial charge in [0, 0.05) is 12.1 Å². The van der Waals surface area contributed by atoms with Crippen molar-refractivity contribution in [3.63, 3.8) is 0 Å². The molecule has 1 amide bonds. The second kappa shape index (κ2) is 13.1. The number of likely N-dealkylation sites (tertiary alicyclic amines) is 1. The van der Waals surface area contributed by atoms with Crippen LogP contribution in [0, 0.1) is 0 Å². The van der Waals surface area contributed by atoms with Crippen LogP contribution in [0.2, 0.25) is 10.0 Å². The minimum Gasteiger partial charge on any atom is -0.497 e. The van der Waals surface area contributed by atoms with Crippen LogP contribution in [0.4, 0.5) is 0 Å². The van der Waals surface area contributed by atoms with Gasteiger partial charge in [-0.2, -0.15) is 0 Å². The van der Waals surface area contributed by atoms with Crippen molar-refractivity contribution in [3.8, 4) is 11.5 Å². The maximum atomic E-state index is 13.0. The average molecular weight is 493 g/mol. The van der Waals surface area contributed by atoms with Gasteiger partial charge in [0.15, 0.2) is 5.75 Å². The van der Waals surface area contributed by atoms with Gasteiger partial charge in [-0.05, 0) is 62.2 Å². The van der Waals surface area contributed by atoms with Gasteiger partial charge in [-0.15, -0.1) is 0 Å². The predicted octanol–water partition coefficient (Wildman–Crippen LogP) is 6.53. The Morgan fingerprint density at radius 3 is 2.33 bits per heavy atom. The van der Waals surface area contributed by atoms with E-state index in [0.717, 1.165) is 43.7 Å². The number of nitrogens with one attached hydrogen (secondary N) is 1. The minimum atomic E-state index is -0.202. The van der Waals surface area contributed by atoms with Crippen molar-refractivity contribution < 1.29 is 14.3 Å². The number of piperidine rings is 1. The van der Waals surface area contributed by atoms with Crippen molar-refractivity contribution in [1.82, 2.24) is 10.2 Å². The van der Waals surface area contributed by atoms with Crippen LogP contribution < -0.4 is 14.8 Å².